The van der Waals surface area contributed by atoms with Crippen LogP contribution in [0.1, 0.15) is 10.4 Å². The Morgan fingerprint density at radius 3 is 2.50 bits per heavy atom. The number of benzene rings is 2. The second-order valence-electron chi connectivity index (χ2n) is 5.83. The maximum absolute atomic E-state index is 12.4. The number of anilines is 2. The molecule has 1 aliphatic rings. The molecule has 3 aromatic rings. The van der Waals surface area contributed by atoms with E-state index in [0.29, 0.717) is 30.1 Å². The summed E-state index contributed by atoms with van der Waals surface area (Å²) in [6.07, 6.45) is 2.99. The molecule has 1 fully saturated rings. The van der Waals surface area contributed by atoms with Crippen LogP contribution in [0, 0.1) is 0 Å². The molecule has 2 aromatic carbocycles. The van der Waals surface area contributed by atoms with E-state index in [1.165, 1.54) is 6.39 Å². The first kappa shape index (κ1) is 15.9. The van der Waals surface area contributed by atoms with Crippen LogP contribution >= 0.6 is 0 Å². The maximum atomic E-state index is 12.4. The van der Waals surface area contributed by atoms with Crippen LogP contribution in [0.15, 0.2) is 65.5 Å². The van der Waals surface area contributed by atoms with Gasteiger partial charge < -0.3 is 15.1 Å². The van der Waals surface area contributed by atoms with Gasteiger partial charge in [0.1, 0.15) is 0 Å². The third-order valence-corrected chi connectivity index (χ3v) is 4.16. The van der Waals surface area contributed by atoms with E-state index in [1.54, 1.807) is 35.4 Å². The Morgan fingerprint density at radius 1 is 1.12 bits per heavy atom. The van der Waals surface area contributed by atoms with Gasteiger partial charge >= 0.3 is 6.03 Å². The van der Waals surface area contributed by atoms with Gasteiger partial charge in [-0.1, -0.05) is 12.1 Å². The average Bonchev–Trinajstić information content (AvgIpc) is 3.34. The van der Waals surface area contributed by atoms with E-state index in [1.807, 2.05) is 24.3 Å². The third kappa shape index (κ3) is 3.14. The van der Waals surface area contributed by atoms with Gasteiger partial charge in [0.15, 0.2) is 12.2 Å². The second kappa shape index (κ2) is 6.72. The Hall–Kier alpha value is -3.61. The van der Waals surface area contributed by atoms with E-state index in [9.17, 15) is 9.59 Å². The lowest BCUT2D eigenvalue weighted by molar-refractivity contribution is 0.102. The number of nitrogens with one attached hydrogen (secondary N) is 2. The Morgan fingerprint density at radius 2 is 1.88 bits per heavy atom. The summed E-state index contributed by atoms with van der Waals surface area (Å²) in [5.41, 5.74) is 2.86. The molecule has 2 heterocycles. The lowest BCUT2D eigenvalue weighted by Gasteiger charge is -2.14. The van der Waals surface area contributed by atoms with E-state index in [0.717, 1.165) is 11.3 Å². The molecule has 7 heteroatoms. The van der Waals surface area contributed by atoms with E-state index in [-0.39, 0.29) is 11.9 Å². The third-order valence-electron chi connectivity index (χ3n) is 4.16. The zero-order chi connectivity index (χ0) is 17.9. The fourth-order valence-electron chi connectivity index (χ4n) is 2.79. The standard InChI is InChI=1S/C19H16N4O3/c24-18(14-3-1-13(2-4-14)17-11-20-12-26-17)22-15-5-7-16(8-6-15)23-10-9-21-19(23)25/h1-8,11-12H,9-10H2,(H,21,25)(H,22,24). The highest BCUT2D eigenvalue weighted by Crippen LogP contribution is 2.21. The van der Waals surface area contributed by atoms with Gasteiger partial charge in [0.05, 0.1) is 6.20 Å². The molecule has 26 heavy (non-hydrogen) atoms. The summed E-state index contributed by atoms with van der Waals surface area (Å²) in [5, 5.41) is 5.61. The number of carbonyl (C=O) groups is 2. The Balaban J connectivity index is 1.43. The number of carbonyl (C=O) groups excluding carboxylic acids is 2. The molecule has 3 amide bonds. The quantitative estimate of drug-likeness (QED) is 0.758. The topological polar surface area (TPSA) is 87.5 Å². The molecule has 4 rings (SSSR count). The number of hydrogen-bond donors (Lipinski definition) is 2. The molecule has 1 saturated heterocycles. The molecule has 0 saturated carbocycles. The van der Waals surface area contributed by atoms with Crippen LogP contribution in [0.4, 0.5) is 16.2 Å². The molecule has 7 nitrogen and oxygen atoms in total. The molecule has 0 spiro atoms. The number of aromatic nitrogens is 1. The van der Waals surface area contributed by atoms with E-state index < -0.39 is 0 Å². The molecule has 0 aliphatic carbocycles. The molecular formula is C19H16N4O3. The van der Waals surface area contributed by atoms with Gasteiger partial charge in [-0.05, 0) is 36.4 Å². The highest BCUT2D eigenvalue weighted by Gasteiger charge is 2.20. The predicted octanol–water partition coefficient (Wildman–Crippen LogP) is 3.12. The van der Waals surface area contributed by atoms with Crippen molar-refractivity contribution in [2.24, 2.45) is 0 Å². The van der Waals surface area contributed by atoms with Gasteiger partial charge in [-0.15, -0.1) is 0 Å². The summed E-state index contributed by atoms with van der Waals surface area (Å²) < 4.78 is 5.23. The fraction of sp³-hybridized carbons (Fsp3) is 0.105. The minimum atomic E-state index is -0.208. The highest BCUT2D eigenvalue weighted by atomic mass is 16.3. The largest absolute Gasteiger partial charge is 0.444 e. The Bertz CT molecular complexity index is 918. The van der Waals surface area contributed by atoms with Crippen molar-refractivity contribution in [2.75, 3.05) is 23.3 Å². The van der Waals surface area contributed by atoms with Crippen LogP contribution in [-0.2, 0) is 0 Å². The van der Waals surface area contributed by atoms with Crippen LogP contribution in [0.25, 0.3) is 11.3 Å². The zero-order valence-corrected chi connectivity index (χ0v) is 13.8. The lowest BCUT2D eigenvalue weighted by atomic mass is 10.1. The summed E-state index contributed by atoms with van der Waals surface area (Å²) in [4.78, 5) is 29.6. The molecule has 2 N–H and O–H groups in total. The van der Waals surface area contributed by atoms with Crippen LogP contribution in [0.2, 0.25) is 0 Å². The van der Waals surface area contributed by atoms with Crippen molar-refractivity contribution in [3.05, 3.63) is 66.7 Å². The lowest BCUT2D eigenvalue weighted by Crippen LogP contribution is -2.27. The van der Waals surface area contributed by atoms with Crippen LogP contribution in [-0.4, -0.2) is 30.0 Å². The number of urea groups is 1. The summed E-state index contributed by atoms with van der Waals surface area (Å²) in [6.45, 7) is 1.28. The number of nitrogens with zero attached hydrogens (tertiary/aromatic N) is 2. The fourth-order valence-corrected chi connectivity index (χ4v) is 2.79. The minimum Gasteiger partial charge on any atom is -0.444 e. The molecule has 0 unspecified atom stereocenters. The summed E-state index contributed by atoms with van der Waals surface area (Å²) in [7, 11) is 0. The first-order valence-corrected chi connectivity index (χ1v) is 8.16. The van der Waals surface area contributed by atoms with Gasteiger partial charge in [0.2, 0.25) is 0 Å². The van der Waals surface area contributed by atoms with Gasteiger partial charge in [-0.25, -0.2) is 9.78 Å². The Labute approximate surface area is 149 Å². The summed E-state index contributed by atoms with van der Waals surface area (Å²) >= 11 is 0. The van der Waals surface area contributed by atoms with E-state index >= 15 is 0 Å². The van der Waals surface area contributed by atoms with Crippen molar-refractivity contribution >= 4 is 23.3 Å². The monoisotopic (exact) mass is 348 g/mol. The molecular weight excluding hydrogens is 332 g/mol. The molecule has 1 aromatic heterocycles. The molecule has 0 radical (unpaired) electrons. The van der Waals surface area contributed by atoms with Crippen LogP contribution in [0.5, 0.6) is 0 Å². The molecule has 0 bridgehead atoms. The zero-order valence-electron chi connectivity index (χ0n) is 13.8. The SMILES string of the molecule is O=C(Nc1ccc(N2CCNC2=O)cc1)c1ccc(-c2cnco2)cc1. The number of hydrogen-bond acceptors (Lipinski definition) is 4. The van der Waals surface area contributed by atoms with Crippen molar-refractivity contribution < 1.29 is 14.0 Å². The number of oxazole rings is 1. The van der Waals surface area contributed by atoms with Crippen molar-refractivity contribution in [3.63, 3.8) is 0 Å². The van der Waals surface area contributed by atoms with Crippen molar-refractivity contribution in [3.8, 4) is 11.3 Å². The van der Waals surface area contributed by atoms with Crippen LogP contribution in [0.3, 0.4) is 0 Å². The predicted molar refractivity (Wildman–Crippen MR) is 97.1 cm³/mol. The smallest absolute Gasteiger partial charge is 0.321 e. The van der Waals surface area contributed by atoms with Crippen LogP contribution < -0.4 is 15.5 Å². The molecule has 130 valence electrons. The van der Waals surface area contributed by atoms with Gasteiger partial charge in [-0.2, -0.15) is 0 Å². The first-order chi connectivity index (χ1) is 12.7. The minimum absolute atomic E-state index is 0.103. The molecule has 1 aliphatic heterocycles. The highest BCUT2D eigenvalue weighted by molar-refractivity contribution is 6.04. The van der Waals surface area contributed by atoms with E-state index in [2.05, 4.69) is 15.6 Å². The first-order valence-electron chi connectivity index (χ1n) is 8.16. The number of amides is 3. The second-order valence-corrected chi connectivity index (χ2v) is 5.83. The average molecular weight is 348 g/mol. The van der Waals surface area contributed by atoms with Gasteiger partial charge in [-0.3, -0.25) is 9.69 Å². The van der Waals surface area contributed by atoms with Crippen molar-refractivity contribution in [1.82, 2.24) is 10.3 Å². The van der Waals surface area contributed by atoms with Gasteiger partial charge in [0, 0.05) is 35.6 Å². The maximum Gasteiger partial charge on any atom is 0.321 e. The summed E-state index contributed by atoms with van der Waals surface area (Å²) in [6, 6.07) is 14.2. The summed E-state index contributed by atoms with van der Waals surface area (Å²) in [5.74, 6) is 0.444. The van der Waals surface area contributed by atoms with E-state index in [4.69, 9.17) is 4.42 Å². The van der Waals surface area contributed by atoms with Crippen molar-refractivity contribution in [2.45, 2.75) is 0 Å². The Kier molecular flexibility index (Phi) is 4.10. The van der Waals surface area contributed by atoms with Crippen molar-refractivity contribution in [1.29, 1.82) is 0 Å². The molecule has 0 atom stereocenters. The number of rotatable bonds is 4. The van der Waals surface area contributed by atoms with Gasteiger partial charge in [0.25, 0.3) is 5.91 Å². The normalized spacial score (nSPS) is 13.5.